The number of carbonyl (C=O) groups is 2. The predicted octanol–water partition coefficient (Wildman–Crippen LogP) is 3.89. The Balaban J connectivity index is 1.41. The second kappa shape index (κ2) is 9.86. The maximum absolute atomic E-state index is 12.6. The zero-order valence-electron chi connectivity index (χ0n) is 18.7. The summed E-state index contributed by atoms with van der Waals surface area (Å²) in [5.41, 5.74) is 1.82. The number of thiazole rings is 1. The van der Waals surface area contributed by atoms with Crippen molar-refractivity contribution in [2.24, 2.45) is 0 Å². The number of para-hydroxylation sites is 1. The number of rotatable bonds is 6. The fraction of sp³-hybridized carbons (Fsp3) is 0.304. The van der Waals surface area contributed by atoms with Gasteiger partial charge in [0.25, 0.3) is 5.91 Å². The molecule has 172 valence electrons. The van der Waals surface area contributed by atoms with E-state index in [0.29, 0.717) is 22.9 Å². The normalized spacial score (nSPS) is 12.8. The van der Waals surface area contributed by atoms with Crippen LogP contribution in [0, 0.1) is 0 Å². The van der Waals surface area contributed by atoms with Crippen LogP contribution in [-0.2, 0) is 13.0 Å². The lowest BCUT2D eigenvalue weighted by molar-refractivity contribution is 0.0944. The Morgan fingerprint density at radius 2 is 1.97 bits per heavy atom. The highest BCUT2D eigenvalue weighted by molar-refractivity contribution is 7.15. The van der Waals surface area contributed by atoms with Gasteiger partial charge in [-0.05, 0) is 38.1 Å². The van der Waals surface area contributed by atoms with Gasteiger partial charge in [-0.2, -0.15) is 0 Å². The van der Waals surface area contributed by atoms with Crippen molar-refractivity contribution >= 4 is 39.9 Å². The van der Waals surface area contributed by atoms with Crippen LogP contribution in [-0.4, -0.2) is 41.6 Å². The predicted molar refractivity (Wildman–Crippen MR) is 129 cm³/mol. The van der Waals surface area contributed by atoms with Crippen molar-refractivity contribution in [3.63, 3.8) is 0 Å². The monoisotopic (exact) mass is 466 g/mol. The second-order valence-electron chi connectivity index (χ2n) is 7.87. The number of hydrogen-bond acceptors (Lipinski definition) is 7. The van der Waals surface area contributed by atoms with Gasteiger partial charge in [0.1, 0.15) is 11.6 Å². The van der Waals surface area contributed by atoms with E-state index in [4.69, 9.17) is 4.74 Å². The van der Waals surface area contributed by atoms with Crippen LogP contribution < -0.4 is 25.6 Å². The Morgan fingerprint density at radius 1 is 1.15 bits per heavy atom. The van der Waals surface area contributed by atoms with E-state index in [1.165, 1.54) is 11.3 Å². The molecule has 1 aromatic carbocycles. The topological polar surface area (TPSA) is 108 Å². The highest BCUT2D eigenvalue weighted by Crippen LogP contribution is 2.30. The second-order valence-corrected chi connectivity index (χ2v) is 8.95. The molecule has 0 bridgehead atoms. The summed E-state index contributed by atoms with van der Waals surface area (Å²) in [6, 6.07) is 10.3. The van der Waals surface area contributed by atoms with E-state index >= 15 is 0 Å². The molecule has 0 fully saturated rings. The van der Waals surface area contributed by atoms with Gasteiger partial charge in [-0.1, -0.05) is 23.5 Å². The lowest BCUT2D eigenvalue weighted by Gasteiger charge is -2.27. The molecule has 3 heterocycles. The largest absolute Gasteiger partial charge is 0.495 e. The van der Waals surface area contributed by atoms with E-state index in [2.05, 4.69) is 30.8 Å². The molecule has 0 atom stereocenters. The van der Waals surface area contributed by atoms with Crippen LogP contribution in [0.5, 0.6) is 5.75 Å². The molecule has 2 aromatic heterocycles. The zero-order chi connectivity index (χ0) is 23.4. The average molecular weight is 467 g/mol. The number of ether oxygens (including phenoxy) is 1. The van der Waals surface area contributed by atoms with E-state index in [1.807, 2.05) is 26.0 Å². The van der Waals surface area contributed by atoms with E-state index in [0.717, 1.165) is 35.1 Å². The Kier molecular flexibility index (Phi) is 6.74. The lowest BCUT2D eigenvalue weighted by atomic mass is 10.1. The molecule has 3 amide bonds. The molecule has 3 aromatic rings. The van der Waals surface area contributed by atoms with Crippen LogP contribution in [0.2, 0.25) is 0 Å². The molecular formula is C23H26N6O3S. The molecule has 0 saturated heterocycles. The fourth-order valence-electron chi connectivity index (χ4n) is 3.51. The maximum Gasteiger partial charge on any atom is 0.325 e. The van der Waals surface area contributed by atoms with E-state index < -0.39 is 6.03 Å². The van der Waals surface area contributed by atoms with Crippen LogP contribution in [0.15, 0.2) is 42.6 Å². The summed E-state index contributed by atoms with van der Waals surface area (Å²) in [6.07, 6.45) is 2.47. The Morgan fingerprint density at radius 3 is 2.70 bits per heavy atom. The van der Waals surface area contributed by atoms with Crippen molar-refractivity contribution in [2.75, 3.05) is 29.2 Å². The molecule has 1 aliphatic rings. The third-order valence-electron chi connectivity index (χ3n) is 5.07. The minimum absolute atomic E-state index is 0.00583. The number of methoxy groups -OCH3 is 1. The smallest absolute Gasteiger partial charge is 0.325 e. The number of nitrogens with zero attached hydrogens (tertiary/aromatic N) is 3. The number of fused-ring (bicyclic) bond motifs is 1. The maximum atomic E-state index is 12.6. The van der Waals surface area contributed by atoms with Crippen LogP contribution in [0.25, 0.3) is 0 Å². The van der Waals surface area contributed by atoms with Crippen molar-refractivity contribution in [1.82, 2.24) is 15.3 Å². The van der Waals surface area contributed by atoms with Gasteiger partial charge in [-0.3, -0.25) is 10.1 Å². The first kappa shape index (κ1) is 22.5. The summed E-state index contributed by atoms with van der Waals surface area (Å²) in [7, 11) is 1.62. The minimum Gasteiger partial charge on any atom is -0.495 e. The highest BCUT2D eigenvalue weighted by atomic mass is 32.1. The molecule has 10 heteroatoms. The molecule has 0 aliphatic carbocycles. The van der Waals surface area contributed by atoms with Gasteiger partial charge < -0.3 is 20.3 Å². The van der Waals surface area contributed by atoms with E-state index in [-0.39, 0.29) is 11.9 Å². The van der Waals surface area contributed by atoms with Gasteiger partial charge in [-0.15, -0.1) is 0 Å². The van der Waals surface area contributed by atoms with Gasteiger partial charge in [0.05, 0.1) is 36.8 Å². The van der Waals surface area contributed by atoms with Crippen molar-refractivity contribution < 1.29 is 14.3 Å². The molecule has 1 aliphatic heterocycles. The van der Waals surface area contributed by atoms with Gasteiger partial charge in [0.15, 0.2) is 5.13 Å². The number of pyridine rings is 1. The summed E-state index contributed by atoms with van der Waals surface area (Å²) in [6.45, 7) is 5.24. The van der Waals surface area contributed by atoms with Crippen LogP contribution in [0.1, 0.15) is 34.8 Å². The van der Waals surface area contributed by atoms with Crippen LogP contribution >= 0.6 is 11.3 Å². The first-order valence-electron chi connectivity index (χ1n) is 10.6. The third kappa shape index (κ3) is 5.40. The number of aromatic nitrogens is 2. The molecule has 0 spiro atoms. The van der Waals surface area contributed by atoms with Gasteiger partial charge >= 0.3 is 6.03 Å². The highest BCUT2D eigenvalue weighted by Gasteiger charge is 2.23. The van der Waals surface area contributed by atoms with Crippen molar-refractivity contribution in [1.29, 1.82) is 0 Å². The SMILES string of the molecule is COc1ccc(N2CCc3nc(NC(=O)Nc4ccccc4C(=O)NC(C)C)sc3C2)nc1. The third-order valence-corrected chi connectivity index (χ3v) is 6.07. The number of hydrogen-bond donors (Lipinski definition) is 3. The van der Waals surface area contributed by atoms with Crippen LogP contribution in [0.4, 0.5) is 21.4 Å². The van der Waals surface area contributed by atoms with Crippen molar-refractivity contribution in [3.8, 4) is 5.75 Å². The zero-order valence-corrected chi connectivity index (χ0v) is 19.5. The first-order valence-corrected chi connectivity index (χ1v) is 11.5. The minimum atomic E-state index is -0.445. The number of nitrogens with one attached hydrogen (secondary N) is 3. The van der Waals surface area contributed by atoms with Gasteiger partial charge in [0, 0.05) is 23.9 Å². The molecule has 4 rings (SSSR count). The van der Waals surface area contributed by atoms with Gasteiger partial charge in [0.2, 0.25) is 0 Å². The summed E-state index contributed by atoms with van der Waals surface area (Å²) in [4.78, 5) is 37.3. The number of benzene rings is 1. The van der Waals surface area contributed by atoms with Gasteiger partial charge in [-0.25, -0.2) is 14.8 Å². The molecule has 0 radical (unpaired) electrons. The Labute approximate surface area is 196 Å². The summed E-state index contributed by atoms with van der Waals surface area (Å²) >= 11 is 1.44. The number of urea groups is 1. The fourth-order valence-corrected chi connectivity index (χ4v) is 4.52. The Bertz CT molecular complexity index is 1150. The molecule has 0 unspecified atom stereocenters. The molecular weight excluding hydrogens is 440 g/mol. The summed E-state index contributed by atoms with van der Waals surface area (Å²) in [5, 5.41) is 8.92. The standard InChI is InChI=1S/C23H26N6O3S/c1-14(2)25-21(30)16-6-4-5-7-17(16)26-22(31)28-23-27-18-10-11-29(13-19(18)33-23)20-9-8-15(32-3)12-24-20/h4-9,12,14H,10-11,13H2,1-3H3,(H,25,30)(H2,26,27,28,31). The quantitative estimate of drug-likeness (QED) is 0.509. The Hall–Kier alpha value is -3.66. The number of carbonyl (C=O) groups excluding carboxylic acids is 2. The first-order chi connectivity index (χ1) is 15.9. The molecule has 9 nitrogen and oxygen atoms in total. The van der Waals surface area contributed by atoms with Crippen molar-refractivity contribution in [2.45, 2.75) is 32.9 Å². The average Bonchev–Trinajstić information content (AvgIpc) is 3.20. The lowest BCUT2D eigenvalue weighted by Crippen LogP contribution is -2.31. The molecule has 33 heavy (non-hydrogen) atoms. The molecule has 3 N–H and O–H groups in total. The summed E-state index contributed by atoms with van der Waals surface area (Å²) < 4.78 is 5.18. The van der Waals surface area contributed by atoms with Crippen LogP contribution in [0.3, 0.4) is 0 Å². The summed E-state index contributed by atoms with van der Waals surface area (Å²) in [5.74, 6) is 1.35. The van der Waals surface area contributed by atoms with Crippen molar-refractivity contribution in [3.05, 3.63) is 58.7 Å². The number of anilines is 3. The van der Waals surface area contributed by atoms with E-state index in [1.54, 1.807) is 37.6 Å². The number of amides is 3. The molecule has 0 saturated carbocycles. The van der Waals surface area contributed by atoms with E-state index in [9.17, 15) is 9.59 Å².